The van der Waals surface area contributed by atoms with Crippen molar-refractivity contribution in [1.82, 2.24) is 9.97 Å². The number of ether oxygens (including phenoxy) is 2. The molecule has 0 fully saturated rings. The molecule has 3 aromatic heterocycles. The fourth-order valence-corrected chi connectivity index (χ4v) is 5.72. The van der Waals surface area contributed by atoms with Crippen LogP contribution >= 0.6 is 23.1 Å². The molecule has 0 saturated heterocycles. The quantitative estimate of drug-likeness (QED) is 0.217. The van der Waals surface area contributed by atoms with Crippen molar-refractivity contribution in [1.29, 1.82) is 0 Å². The van der Waals surface area contributed by atoms with Gasteiger partial charge in [-0.15, -0.1) is 11.3 Å². The van der Waals surface area contributed by atoms with Crippen molar-refractivity contribution < 1.29 is 19.0 Å². The Bertz CT molecular complexity index is 1280. The highest BCUT2D eigenvalue weighted by Gasteiger charge is 2.23. The van der Waals surface area contributed by atoms with E-state index < -0.39 is 5.60 Å². The van der Waals surface area contributed by atoms with Gasteiger partial charge in [-0.1, -0.05) is 11.8 Å². The Morgan fingerprint density at radius 2 is 1.68 bits per heavy atom. The minimum atomic E-state index is -1.05. The van der Waals surface area contributed by atoms with Crippen molar-refractivity contribution in [2.24, 2.45) is 0 Å². The van der Waals surface area contributed by atoms with E-state index in [1.807, 2.05) is 50.2 Å². The lowest BCUT2D eigenvalue weighted by molar-refractivity contribution is 0.0548. The molecule has 1 N–H and O–H groups in total. The van der Waals surface area contributed by atoms with Gasteiger partial charge in [-0.25, -0.2) is 9.97 Å². The van der Waals surface area contributed by atoms with E-state index in [0.717, 1.165) is 43.2 Å². The summed E-state index contributed by atoms with van der Waals surface area (Å²) in [6, 6.07) is 13.8. The molecule has 0 aliphatic heterocycles. The van der Waals surface area contributed by atoms with E-state index in [1.54, 1.807) is 51.2 Å². The van der Waals surface area contributed by atoms with Gasteiger partial charge in [0, 0.05) is 22.0 Å². The van der Waals surface area contributed by atoms with Crippen LogP contribution in [0, 0.1) is 13.8 Å². The molecule has 1 aromatic carbocycles. The number of methoxy groups -OCH3 is 2. The molecule has 0 radical (unpaired) electrons. The molecule has 3 heterocycles. The van der Waals surface area contributed by atoms with Crippen LogP contribution in [0.1, 0.15) is 36.6 Å². The lowest BCUT2D eigenvalue weighted by Gasteiger charge is -2.13. The number of aliphatic hydroxyl groups is 1. The Hall–Kier alpha value is -2.81. The number of nitrogens with zero attached hydrogens (tertiary/aromatic N) is 2. The van der Waals surface area contributed by atoms with E-state index in [1.165, 1.54) is 0 Å². The summed E-state index contributed by atoms with van der Waals surface area (Å²) in [6.07, 6.45) is 0. The minimum Gasteiger partial charge on any atom is -0.493 e. The van der Waals surface area contributed by atoms with Crippen molar-refractivity contribution >= 4 is 23.1 Å². The molecule has 6 nitrogen and oxygen atoms in total. The largest absolute Gasteiger partial charge is 0.493 e. The Morgan fingerprint density at radius 1 is 0.971 bits per heavy atom. The number of aromatic nitrogens is 2. The standard InChI is InChI=1S/C26H28N2O4S2/c1-15-11-16(2)28-25(27-15)33-14-18-13-22(17-7-8-19(30-5)21(12-17)31-6)34-24(18)20-9-10-23(32-20)26(3,4)29/h7-13,29H,14H2,1-6H3. The molecule has 0 bridgehead atoms. The predicted molar refractivity (Wildman–Crippen MR) is 137 cm³/mol. The number of furan rings is 1. The molecular formula is C26H28N2O4S2. The first-order valence-electron chi connectivity index (χ1n) is 10.8. The normalized spacial score (nSPS) is 11.6. The van der Waals surface area contributed by atoms with Crippen LogP contribution in [0.4, 0.5) is 0 Å². The number of hydrogen-bond acceptors (Lipinski definition) is 8. The summed E-state index contributed by atoms with van der Waals surface area (Å²) in [5.74, 6) is 3.30. The zero-order chi connectivity index (χ0) is 24.5. The van der Waals surface area contributed by atoms with Crippen LogP contribution in [0.3, 0.4) is 0 Å². The smallest absolute Gasteiger partial charge is 0.188 e. The third-order valence-corrected chi connectivity index (χ3v) is 7.37. The highest BCUT2D eigenvalue weighted by molar-refractivity contribution is 7.98. The van der Waals surface area contributed by atoms with Gasteiger partial charge in [0.25, 0.3) is 0 Å². The van der Waals surface area contributed by atoms with Crippen LogP contribution < -0.4 is 9.47 Å². The second kappa shape index (κ2) is 9.82. The molecule has 0 saturated carbocycles. The molecule has 178 valence electrons. The molecule has 0 atom stereocenters. The summed E-state index contributed by atoms with van der Waals surface area (Å²) >= 11 is 3.23. The van der Waals surface area contributed by atoms with Crippen LogP contribution in [-0.2, 0) is 11.4 Å². The monoisotopic (exact) mass is 496 g/mol. The SMILES string of the molecule is COc1ccc(-c2cc(CSc3nc(C)cc(C)n3)c(-c3ccc(C(C)(C)O)o3)s2)cc1OC. The van der Waals surface area contributed by atoms with E-state index in [0.29, 0.717) is 23.0 Å². The van der Waals surface area contributed by atoms with E-state index in [4.69, 9.17) is 13.9 Å². The maximum Gasteiger partial charge on any atom is 0.188 e. The predicted octanol–water partition coefficient (Wildman–Crippen LogP) is 6.62. The number of aryl methyl sites for hydroxylation is 2. The highest BCUT2D eigenvalue weighted by atomic mass is 32.2. The topological polar surface area (TPSA) is 77.6 Å². The fourth-order valence-electron chi connectivity index (χ4n) is 3.57. The zero-order valence-corrected chi connectivity index (χ0v) is 21.8. The molecular weight excluding hydrogens is 468 g/mol. The number of rotatable bonds is 8. The molecule has 4 rings (SSSR count). The molecule has 0 spiro atoms. The maximum absolute atomic E-state index is 10.4. The van der Waals surface area contributed by atoms with E-state index in [2.05, 4.69) is 16.0 Å². The lowest BCUT2D eigenvalue weighted by Crippen LogP contribution is -2.13. The first-order valence-corrected chi connectivity index (χ1v) is 12.6. The summed E-state index contributed by atoms with van der Waals surface area (Å²) in [6.45, 7) is 7.39. The Kier molecular flexibility index (Phi) is 7.02. The molecule has 4 aromatic rings. The molecule has 0 unspecified atom stereocenters. The Balaban J connectivity index is 1.74. The van der Waals surface area contributed by atoms with Gasteiger partial charge in [-0.2, -0.15) is 0 Å². The van der Waals surface area contributed by atoms with Gasteiger partial charge in [0.15, 0.2) is 16.7 Å². The first kappa shape index (κ1) is 24.3. The average molecular weight is 497 g/mol. The van der Waals surface area contributed by atoms with Crippen molar-refractivity contribution in [3.8, 4) is 32.6 Å². The van der Waals surface area contributed by atoms with Crippen molar-refractivity contribution in [2.45, 2.75) is 44.2 Å². The molecule has 0 aliphatic carbocycles. The van der Waals surface area contributed by atoms with Gasteiger partial charge in [0.05, 0.1) is 19.1 Å². The first-order chi connectivity index (χ1) is 16.2. The number of hydrogen-bond donors (Lipinski definition) is 1. The second-order valence-corrected chi connectivity index (χ2v) is 10.5. The Morgan fingerprint density at radius 3 is 2.29 bits per heavy atom. The fraction of sp³-hybridized carbons (Fsp3) is 0.308. The molecule has 0 aliphatic rings. The van der Waals surface area contributed by atoms with Gasteiger partial charge in [0.1, 0.15) is 17.1 Å². The average Bonchev–Trinajstić information content (AvgIpc) is 3.44. The maximum atomic E-state index is 10.4. The zero-order valence-electron chi connectivity index (χ0n) is 20.1. The van der Waals surface area contributed by atoms with Crippen LogP contribution in [-0.4, -0.2) is 29.3 Å². The number of benzene rings is 1. The molecule has 0 amide bonds. The van der Waals surface area contributed by atoms with E-state index in [-0.39, 0.29) is 0 Å². The van der Waals surface area contributed by atoms with Gasteiger partial charge < -0.3 is 19.0 Å². The van der Waals surface area contributed by atoms with Crippen molar-refractivity contribution in [3.63, 3.8) is 0 Å². The number of thioether (sulfide) groups is 1. The van der Waals surface area contributed by atoms with Crippen LogP contribution in [0.2, 0.25) is 0 Å². The molecule has 34 heavy (non-hydrogen) atoms. The summed E-state index contributed by atoms with van der Waals surface area (Å²) in [5.41, 5.74) is 2.99. The third-order valence-electron chi connectivity index (χ3n) is 5.23. The lowest BCUT2D eigenvalue weighted by atomic mass is 10.1. The van der Waals surface area contributed by atoms with Gasteiger partial charge in [-0.05, 0) is 81.3 Å². The van der Waals surface area contributed by atoms with Gasteiger partial charge >= 0.3 is 0 Å². The van der Waals surface area contributed by atoms with E-state index in [9.17, 15) is 5.11 Å². The summed E-state index contributed by atoms with van der Waals surface area (Å²) in [4.78, 5) is 11.2. The summed E-state index contributed by atoms with van der Waals surface area (Å²) in [5, 5.41) is 11.1. The van der Waals surface area contributed by atoms with Gasteiger partial charge in [-0.3, -0.25) is 0 Å². The number of thiophene rings is 1. The Labute approximate surface area is 208 Å². The van der Waals surface area contributed by atoms with Crippen molar-refractivity contribution in [2.75, 3.05) is 14.2 Å². The highest BCUT2D eigenvalue weighted by Crippen LogP contribution is 2.43. The van der Waals surface area contributed by atoms with Crippen LogP contribution in [0.25, 0.3) is 21.1 Å². The van der Waals surface area contributed by atoms with Gasteiger partial charge in [0.2, 0.25) is 0 Å². The van der Waals surface area contributed by atoms with Crippen LogP contribution in [0.5, 0.6) is 11.5 Å². The summed E-state index contributed by atoms with van der Waals surface area (Å²) < 4.78 is 17.0. The second-order valence-electron chi connectivity index (χ2n) is 8.48. The van der Waals surface area contributed by atoms with Crippen LogP contribution in [0.15, 0.2) is 52.0 Å². The third kappa shape index (κ3) is 5.29. The summed E-state index contributed by atoms with van der Waals surface area (Å²) in [7, 11) is 3.26. The molecule has 8 heteroatoms. The van der Waals surface area contributed by atoms with E-state index >= 15 is 0 Å². The van der Waals surface area contributed by atoms with Crippen molar-refractivity contribution in [3.05, 3.63) is 65.2 Å². The minimum absolute atomic E-state index is 0.528.